The number of hydrogen-bond donors (Lipinski definition) is 1. The predicted molar refractivity (Wildman–Crippen MR) is 107 cm³/mol. The summed E-state index contributed by atoms with van der Waals surface area (Å²) in [5.74, 6) is 0.843. The van der Waals surface area contributed by atoms with Crippen molar-refractivity contribution >= 4 is 12.4 Å². The zero-order valence-electron chi connectivity index (χ0n) is 15.7. The van der Waals surface area contributed by atoms with E-state index in [1.54, 1.807) is 0 Å². The number of aromatic nitrogens is 2. The summed E-state index contributed by atoms with van der Waals surface area (Å²) in [6, 6.07) is 8.93. The quantitative estimate of drug-likeness (QED) is 0.851. The number of benzene rings is 1. The molecule has 138 valence electrons. The van der Waals surface area contributed by atoms with E-state index in [4.69, 9.17) is 0 Å². The van der Waals surface area contributed by atoms with Crippen LogP contribution in [0, 0.1) is 12.8 Å². The molecule has 3 rings (SSSR count). The Hall–Kier alpha value is -1.36. The maximum absolute atomic E-state index is 4.35. The zero-order chi connectivity index (χ0) is 16.9. The molecule has 1 aromatic carbocycles. The van der Waals surface area contributed by atoms with Crippen LogP contribution < -0.4 is 5.32 Å². The van der Waals surface area contributed by atoms with Crippen molar-refractivity contribution in [1.29, 1.82) is 0 Å². The molecule has 0 amide bonds. The topological polar surface area (TPSA) is 33.1 Å². The van der Waals surface area contributed by atoms with E-state index in [-0.39, 0.29) is 12.4 Å². The molecular weight excluding hydrogens is 332 g/mol. The van der Waals surface area contributed by atoms with Crippen molar-refractivity contribution in [2.45, 2.75) is 33.2 Å². The molecule has 2 heterocycles. The summed E-state index contributed by atoms with van der Waals surface area (Å²) in [4.78, 5) is 2.60. The van der Waals surface area contributed by atoms with Crippen LogP contribution in [0.3, 0.4) is 0 Å². The van der Waals surface area contributed by atoms with Crippen molar-refractivity contribution in [2.24, 2.45) is 13.0 Å². The number of piperidine rings is 1. The van der Waals surface area contributed by atoms with E-state index in [0.29, 0.717) is 0 Å². The summed E-state index contributed by atoms with van der Waals surface area (Å²) in [6.45, 7) is 10.0. The molecular formula is C20H31ClN4. The van der Waals surface area contributed by atoms with Gasteiger partial charge in [0.2, 0.25) is 0 Å². The van der Waals surface area contributed by atoms with Gasteiger partial charge >= 0.3 is 0 Å². The third-order valence-electron chi connectivity index (χ3n) is 5.15. The first-order chi connectivity index (χ1) is 11.7. The number of likely N-dealkylation sites (tertiary alicyclic amines) is 1. The van der Waals surface area contributed by atoms with E-state index in [1.807, 2.05) is 17.9 Å². The molecule has 1 N–H and O–H groups in total. The van der Waals surface area contributed by atoms with E-state index in [1.165, 1.54) is 54.9 Å². The fraction of sp³-hybridized carbons (Fsp3) is 0.550. The minimum absolute atomic E-state index is 0. The van der Waals surface area contributed by atoms with Gasteiger partial charge in [0.25, 0.3) is 0 Å². The largest absolute Gasteiger partial charge is 0.317 e. The lowest BCUT2D eigenvalue weighted by Crippen LogP contribution is -2.37. The summed E-state index contributed by atoms with van der Waals surface area (Å²) in [5, 5.41) is 7.84. The molecule has 1 aromatic heterocycles. The van der Waals surface area contributed by atoms with E-state index in [2.05, 4.69) is 53.4 Å². The second-order valence-corrected chi connectivity index (χ2v) is 7.03. The van der Waals surface area contributed by atoms with Crippen LogP contribution in [0.1, 0.15) is 30.9 Å². The van der Waals surface area contributed by atoms with E-state index in [9.17, 15) is 0 Å². The molecule has 0 unspecified atom stereocenters. The Bertz CT molecular complexity index is 659. The molecule has 1 aliphatic rings. The van der Waals surface area contributed by atoms with E-state index >= 15 is 0 Å². The van der Waals surface area contributed by atoms with Gasteiger partial charge in [0.05, 0.1) is 5.69 Å². The van der Waals surface area contributed by atoms with Gasteiger partial charge < -0.3 is 5.32 Å². The van der Waals surface area contributed by atoms with Crippen LogP contribution in [0.5, 0.6) is 0 Å². The van der Waals surface area contributed by atoms with Crippen molar-refractivity contribution in [3.8, 4) is 11.3 Å². The third-order valence-corrected chi connectivity index (χ3v) is 5.15. The van der Waals surface area contributed by atoms with Gasteiger partial charge in [-0.25, -0.2) is 0 Å². The molecule has 25 heavy (non-hydrogen) atoms. The monoisotopic (exact) mass is 362 g/mol. The standard InChI is InChI=1S/C20H30N4.ClH/c1-4-21-14-17-8-11-24(12-9-17)15-18-6-5-16(2)13-19(18)20-7-10-22-23(20)3;/h5-7,10,13,17,21H,4,8-9,11-12,14-15H2,1-3H3;1H. The van der Waals surface area contributed by atoms with Crippen molar-refractivity contribution in [3.63, 3.8) is 0 Å². The lowest BCUT2D eigenvalue weighted by atomic mass is 9.95. The van der Waals surface area contributed by atoms with E-state index < -0.39 is 0 Å². The van der Waals surface area contributed by atoms with Crippen LogP contribution in [0.2, 0.25) is 0 Å². The molecule has 1 aliphatic heterocycles. The Morgan fingerprint density at radius 2 is 1.96 bits per heavy atom. The fourth-order valence-electron chi connectivity index (χ4n) is 3.64. The highest BCUT2D eigenvalue weighted by molar-refractivity contribution is 5.85. The van der Waals surface area contributed by atoms with Crippen molar-refractivity contribution < 1.29 is 0 Å². The molecule has 2 aromatic rings. The Labute approximate surface area is 158 Å². The summed E-state index contributed by atoms with van der Waals surface area (Å²) < 4.78 is 1.97. The second-order valence-electron chi connectivity index (χ2n) is 7.03. The van der Waals surface area contributed by atoms with Gasteiger partial charge in [0.15, 0.2) is 0 Å². The van der Waals surface area contributed by atoms with Gasteiger partial charge in [-0.15, -0.1) is 12.4 Å². The molecule has 0 spiro atoms. The molecule has 5 heteroatoms. The lowest BCUT2D eigenvalue weighted by molar-refractivity contribution is 0.176. The van der Waals surface area contributed by atoms with Gasteiger partial charge in [-0.05, 0) is 69.6 Å². The van der Waals surface area contributed by atoms with Crippen LogP contribution in [0.25, 0.3) is 11.3 Å². The Kier molecular flexibility index (Phi) is 7.48. The maximum Gasteiger partial charge on any atom is 0.0682 e. The second kappa shape index (κ2) is 9.37. The predicted octanol–water partition coefficient (Wildman–Crippen LogP) is 3.64. The van der Waals surface area contributed by atoms with Crippen molar-refractivity contribution in [2.75, 3.05) is 26.2 Å². The van der Waals surface area contributed by atoms with Crippen LogP contribution >= 0.6 is 12.4 Å². The molecule has 1 saturated heterocycles. The first-order valence-electron chi connectivity index (χ1n) is 9.18. The average molecular weight is 363 g/mol. The maximum atomic E-state index is 4.35. The lowest BCUT2D eigenvalue weighted by Gasteiger charge is -2.32. The Morgan fingerprint density at radius 3 is 2.60 bits per heavy atom. The summed E-state index contributed by atoms with van der Waals surface area (Å²) >= 11 is 0. The van der Waals surface area contributed by atoms with E-state index in [0.717, 1.165) is 19.0 Å². The van der Waals surface area contributed by atoms with Gasteiger partial charge in [-0.2, -0.15) is 5.10 Å². The number of hydrogen-bond acceptors (Lipinski definition) is 3. The van der Waals surface area contributed by atoms with Crippen LogP contribution in [-0.2, 0) is 13.6 Å². The highest BCUT2D eigenvalue weighted by Crippen LogP contribution is 2.27. The van der Waals surface area contributed by atoms with Gasteiger partial charge in [0, 0.05) is 25.4 Å². The normalized spacial score (nSPS) is 16.0. The number of halogens is 1. The molecule has 1 fully saturated rings. The number of aryl methyl sites for hydroxylation is 2. The zero-order valence-corrected chi connectivity index (χ0v) is 16.5. The smallest absolute Gasteiger partial charge is 0.0682 e. The highest BCUT2D eigenvalue weighted by Gasteiger charge is 2.20. The number of nitrogens with one attached hydrogen (secondary N) is 1. The minimum Gasteiger partial charge on any atom is -0.317 e. The van der Waals surface area contributed by atoms with Crippen LogP contribution in [0.15, 0.2) is 30.5 Å². The third kappa shape index (κ3) is 5.06. The summed E-state index contributed by atoms with van der Waals surface area (Å²) in [7, 11) is 2.02. The molecule has 0 bridgehead atoms. The fourth-order valence-corrected chi connectivity index (χ4v) is 3.64. The number of nitrogens with zero attached hydrogens (tertiary/aromatic N) is 3. The average Bonchev–Trinajstić information content (AvgIpc) is 3.02. The SMILES string of the molecule is CCNCC1CCN(Cc2ccc(C)cc2-c2ccnn2C)CC1.Cl. The first-order valence-corrected chi connectivity index (χ1v) is 9.18. The number of rotatable bonds is 6. The highest BCUT2D eigenvalue weighted by atomic mass is 35.5. The Morgan fingerprint density at radius 1 is 1.20 bits per heavy atom. The minimum atomic E-state index is 0. The van der Waals surface area contributed by atoms with Crippen LogP contribution in [0.4, 0.5) is 0 Å². The van der Waals surface area contributed by atoms with Crippen LogP contribution in [-0.4, -0.2) is 40.9 Å². The molecule has 0 saturated carbocycles. The molecule has 4 nitrogen and oxygen atoms in total. The van der Waals surface area contributed by atoms with Crippen molar-refractivity contribution in [3.05, 3.63) is 41.6 Å². The van der Waals surface area contributed by atoms with Gasteiger partial charge in [-0.1, -0.05) is 24.6 Å². The molecule has 0 atom stereocenters. The molecule has 0 aliphatic carbocycles. The first kappa shape index (κ1) is 20.0. The summed E-state index contributed by atoms with van der Waals surface area (Å²) in [5.41, 5.74) is 5.24. The Balaban J connectivity index is 0.00000225. The summed E-state index contributed by atoms with van der Waals surface area (Å²) in [6.07, 6.45) is 4.49. The van der Waals surface area contributed by atoms with Crippen molar-refractivity contribution in [1.82, 2.24) is 20.0 Å². The van der Waals surface area contributed by atoms with Gasteiger partial charge in [0.1, 0.15) is 0 Å². The molecule has 0 radical (unpaired) electrons. The van der Waals surface area contributed by atoms with Gasteiger partial charge in [-0.3, -0.25) is 9.58 Å².